The Labute approximate surface area is 178 Å². The Morgan fingerprint density at radius 1 is 1.00 bits per heavy atom. The third-order valence-electron chi connectivity index (χ3n) is 4.61. The Hall–Kier alpha value is -2.76. The highest BCUT2D eigenvalue weighted by molar-refractivity contribution is 5.88. The highest BCUT2D eigenvalue weighted by Crippen LogP contribution is 2.26. The monoisotopic (exact) mass is 414 g/mol. The first-order valence-electron chi connectivity index (χ1n) is 9.35. The molecule has 1 unspecified atom stereocenters. The van der Waals surface area contributed by atoms with E-state index in [4.69, 9.17) is 9.47 Å². The van der Waals surface area contributed by atoms with Gasteiger partial charge in [0.2, 0.25) is 0 Å². The molecule has 1 amide bonds. The van der Waals surface area contributed by atoms with E-state index in [0.29, 0.717) is 12.4 Å². The minimum absolute atomic E-state index is 0. The fourth-order valence-corrected chi connectivity index (χ4v) is 3.05. The van der Waals surface area contributed by atoms with Crippen molar-refractivity contribution >= 4 is 29.3 Å². The van der Waals surface area contributed by atoms with Crippen LogP contribution in [0, 0.1) is 0 Å². The first kappa shape index (κ1) is 22.5. The highest BCUT2D eigenvalue weighted by Gasteiger charge is 2.12. The van der Waals surface area contributed by atoms with Crippen LogP contribution in [0.1, 0.15) is 18.0 Å². The summed E-state index contributed by atoms with van der Waals surface area (Å²) >= 11 is 0. The first-order chi connectivity index (χ1) is 13.6. The van der Waals surface area contributed by atoms with Crippen molar-refractivity contribution in [2.45, 2.75) is 12.5 Å². The van der Waals surface area contributed by atoms with E-state index >= 15 is 0 Å². The van der Waals surface area contributed by atoms with Crippen molar-refractivity contribution in [3.05, 3.63) is 72.3 Å². The molecule has 6 heteroatoms. The summed E-state index contributed by atoms with van der Waals surface area (Å²) < 4.78 is 11.3. The Kier molecular flexibility index (Phi) is 8.31. The zero-order valence-corrected chi connectivity index (χ0v) is 17.7. The van der Waals surface area contributed by atoms with Crippen molar-refractivity contribution in [3.63, 3.8) is 0 Å². The number of amides is 1. The molecule has 0 fully saturated rings. The Balaban J connectivity index is 0.00000300. The molecule has 0 saturated carbocycles. The average molecular weight is 415 g/mol. The smallest absolute Gasteiger partial charge is 0.414 e. The van der Waals surface area contributed by atoms with Gasteiger partial charge in [0.1, 0.15) is 11.5 Å². The number of halogens is 1. The summed E-state index contributed by atoms with van der Waals surface area (Å²) in [4.78, 5) is 13.0. The van der Waals surface area contributed by atoms with Crippen LogP contribution in [0.25, 0.3) is 10.8 Å². The molecule has 0 aromatic heterocycles. The van der Waals surface area contributed by atoms with Gasteiger partial charge >= 0.3 is 6.09 Å². The van der Waals surface area contributed by atoms with Gasteiger partial charge in [-0.15, -0.1) is 12.4 Å². The minimum Gasteiger partial charge on any atom is -0.493 e. The first-order valence-corrected chi connectivity index (χ1v) is 9.35. The van der Waals surface area contributed by atoms with Crippen molar-refractivity contribution in [1.29, 1.82) is 0 Å². The summed E-state index contributed by atoms with van der Waals surface area (Å²) in [7, 11) is 5.25. The number of hydrogen-bond acceptors (Lipinski definition) is 4. The largest absolute Gasteiger partial charge is 0.493 e. The Bertz CT molecular complexity index is 924. The van der Waals surface area contributed by atoms with Gasteiger partial charge in [0.25, 0.3) is 0 Å². The molecule has 29 heavy (non-hydrogen) atoms. The van der Waals surface area contributed by atoms with Crippen molar-refractivity contribution in [3.8, 4) is 11.5 Å². The van der Waals surface area contributed by atoms with Crippen LogP contribution in [0.3, 0.4) is 0 Å². The number of ether oxygens (including phenoxy) is 2. The predicted molar refractivity (Wildman–Crippen MR) is 119 cm³/mol. The summed E-state index contributed by atoms with van der Waals surface area (Å²) in [6.07, 6.45) is 0.428. The number of carbonyl (C=O) groups excluding carboxylic acids is 1. The van der Waals surface area contributed by atoms with Crippen LogP contribution in [-0.4, -0.2) is 38.7 Å². The van der Waals surface area contributed by atoms with Crippen LogP contribution in [0.5, 0.6) is 11.5 Å². The van der Waals surface area contributed by atoms with Crippen molar-refractivity contribution in [1.82, 2.24) is 10.2 Å². The summed E-state index contributed by atoms with van der Waals surface area (Å²) in [5.41, 5.74) is 1.12. The molecule has 3 rings (SSSR count). The fraction of sp³-hybridized carbons (Fsp3) is 0.261. The van der Waals surface area contributed by atoms with E-state index in [9.17, 15) is 4.79 Å². The molecule has 0 aliphatic rings. The van der Waals surface area contributed by atoms with Crippen molar-refractivity contribution in [2.75, 3.05) is 27.7 Å². The van der Waals surface area contributed by atoms with Gasteiger partial charge in [-0.3, -0.25) is 0 Å². The summed E-state index contributed by atoms with van der Waals surface area (Å²) in [6.45, 7) is 0.594. The second-order valence-electron chi connectivity index (χ2n) is 6.79. The van der Waals surface area contributed by atoms with E-state index in [-0.39, 0.29) is 24.5 Å². The molecular weight excluding hydrogens is 388 g/mol. The van der Waals surface area contributed by atoms with E-state index in [1.54, 1.807) is 14.1 Å². The lowest BCUT2D eigenvalue weighted by atomic mass is 10.0. The molecule has 5 nitrogen and oxygen atoms in total. The van der Waals surface area contributed by atoms with Crippen molar-refractivity contribution < 1.29 is 14.3 Å². The number of benzene rings is 3. The van der Waals surface area contributed by atoms with E-state index in [1.165, 1.54) is 10.3 Å². The van der Waals surface area contributed by atoms with Crippen molar-refractivity contribution in [2.24, 2.45) is 0 Å². The lowest BCUT2D eigenvalue weighted by molar-refractivity contribution is 0.172. The maximum atomic E-state index is 11.6. The molecule has 0 heterocycles. The quantitative estimate of drug-likeness (QED) is 0.587. The van der Waals surface area contributed by atoms with Gasteiger partial charge in [-0.25, -0.2) is 4.79 Å². The fourth-order valence-electron chi connectivity index (χ4n) is 3.05. The number of nitrogens with zero attached hydrogens (tertiary/aromatic N) is 1. The minimum atomic E-state index is -0.388. The molecule has 1 atom stereocenters. The SMILES string of the molecule is CNC(CCOc1cccc2ccccc12)c1ccc(OC(=O)N(C)C)cc1.Cl. The molecule has 1 N–H and O–H groups in total. The van der Waals surface area contributed by atoms with Gasteiger partial charge < -0.3 is 19.7 Å². The van der Waals surface area contributed by atoms with Crippen LogP contribution < -0.4 is 14.8 Å². The molecule has 0 spiro atoms. The van der Waals surface area contributed by atoms with E-state index in [0.717, 1.165) is 23.1 Å². The summed E-state index contributed by atoms with van der Waals surface area (Å²) in [6, 6.07) is 22.0. The lowest BCUT2D eigenvalue weighted by Gasteiger charge is -2.18. The molecule has 0 radical (unpaired) electrons. The number of hydrogen-bond donors (Lipinski definition) is 1. The van der Waals surface area contributed by atoms with Crippen LogP contribution in [0.2, 0.25) is 0 Å². The van der Waals surface area contributed by atoms with Crippen LogP contribution in [-0.2, 0) is 0 Å². The number of rotatable bonds is 7. The van der Waals surface area contributed by atoms with Crippen LogP contribution >= 0.6 is 12.4 Å². The van der Waals surface area contributed by atoms with Gasteiger partial charge in [0.05, 0.1) is 6.61 Å². The summed E-state index contributed by atoms with van der Waals surface area (Å²) in [5.74, 6) is 1.43. The van der Waals surface area contributed by atoms with Gasteiger partial charge in [-0.05, 0) is 36.2 Å². The Morgan fingerprint density at radius 3 is 2.38 bits per heavy atom. The zero-order chi connectivity index (χ0) is 19.9. The molecular formula is C23H27ClN2O3. The third-order valence-corrected chi connectivity index (χ3v) is 4.61. The normalized spacial score (nSPS) is 11.4. The van der Waals surface area contributed by atoms with Gasteiger partial charge in [0.15, 0.2) is 0 Å². The number of fused-ring (bicyclic) bond motifs is 1. The van der Waals surface area contributed by atoms with Gasteiger partial charge in [-0.1, -0.05) is 48.5 Å². The second kappa shape index (κ2) is 10.7. The second-order valence-corrected chi connectivity index (χ2v) is 6.79. The Morgan fingerprint density at radius 2 is 1.69 bits per heavy atom. The van der Waals surface area contributed by atoms with Gasteiger partial charge in [0, 0.05) is 31.9 Å². The molecule has 3 aromatic rings. The standard InChI is InChI=1S/C23H26N2O3.ClH/c1-24-21(18-11-13-19(14-12-18)28-23(26)25(2)3)15-16-27-22-10-6-8-17-7-4-5-9-20(17)22;/h4-14,21,24H,15-16H2,1-3H3;1H. The van der Waals surface area contributed by atoms with E-state index < -0.39 is 0 Å². The zero-order valence-electron chi connectivity index (χ0n) is 16.9. The van der Waals surface area contributed by atoms with Crippen LogP contribution in [0.15, 0.2) is 66.7 Å². The molecule has 0 aliphatic carbocycles. The maximum Gasteiger partial charge on any atom is 0.414 e. The average Bonchev–Trinajstić information content (AvgIpc) is 2.72. The number of carbonyl (C=O) groups is 1. The van der Waals surface area contributed by atoms with E-state index in [2.05, 4.69) is 23.5 Å². The number of nitrogens with one attached hydrogen (secondary N) is 1. The molecule has 0 saturated heterocycles. The molecule has 0 bridgehead atoms. The van der Waals surface area contributed by atoms with E-state index in [1.807, 2.05) is 55.6 Å². The molecule has 3 aromatic carbocycles. The highest BCUT2D eigenvalue weighted by atomic mass is 35.5. The molecule has 0 aliphatic heterocycles. The lowest BCUT2D eigenvalue weighted by Crippen LogP contribution is -2.25. The topological polar surface area (TPSA) is 50.8 Å². The predicted octanol–water partition coefficient (Wildman–Crippen LogP) is 5.05. The maximum absolute atomic E-state index is 11.6. The van der Waals surface area contributed by atoms with Crippen LogP contribution in [0.4, 0.5) is 4.79 Å². The molecule has 154 valence electrons. The summed E-state index contributed by atoms with van der Waals surface area (Å²) in [5, 5.41) is 5.62. The third kappa shape index (κ3) is 5.86. The van der Waals surface area contributed by atoms with Gasteiger partial charge in [-0.2, -0.15) is 0 Å².